The normalized spacial score (nSPS) is 11.6. The average molecular weight is 400 g/mol. The summed E-state index contributed by atoms with van der Waals surface area (Å²) in [6, 6.07) is 10.3. The van der Waals surface area contributed by atoms with Gasteiger partial charge in [-0.3, -0.25) is 4.99 Å². The maximum atomic E-state index is 4.74. The van der Waals surface area contributed by atoms with Crippen molar-refractivity contribution in [3.05, 3.63) is 57.5 Å². The molecule has 0 spiro atoms. The third kappa shape index (κ3) is 6.15. The first-order chi connectivity index (χ1) is 13.2. The maximum Gasteiger partial charge on any atom is 0.191 e. The Bertz CT molecular complexity index is 854. The van der Waals surface area contributed by atoms with Crippen LogP contribution in [0.2, 0.25) is 0 Å². The van der Waals surface area contributed by atoms with Crippen molar-refractivity contribution in [2.24, 2.45) is 4.99 Å². The zero-order chi connectivity index (χ0) is 18.9. The van der Waals surface area contributed by atoms with Crippen LogP contribution in [0, 0.1) is 6.92 Å². The molecule has 3 aromatic rings. The molecule has 2 N–H and O–H groups in total. The molecule has 0 aliphatic rings. The summed E-state index contributed by atoms with van der Waals surface area (Å²) >= 11 is 3.43. The summed E-state index contributed by atoms with van der Waals surface area (Å²) in [6.45, 7) is 6.54. The lowest BCUT2D eigenvalue weighted by atomic mass is 10.2. The number of aromatic nitrogens is 2. The second kappa shape index (κ2) is 10.2. The molecule has 0 saturated carbocycles. The van der Waals surface area contributed by atoms with Crippen LogP contribution in [0.3, 0.4) is 0 Å². The van der Waals surface area contributed by atoms with Gasteiger partial charge in [0.05, 0.1) is 10.7 Å². The van der Waals surface area contributed by atoms with Crippen LogP contribution in [0.4, 0.5) is 0 Å². The molecule has 7 heteroatoms. The minimum absolute atomic E-state index is 0.733. The molecule has 0 unspecified atom stereocenters. The van der Waals surface area contributed by atoms with Crippen LogP contribution >= 0.6 is 22.7 Å². The van der Waals surface area contributed by atoms with E-state index in [9.17, 15) is 0 Å². The fraction of sp³-hybridized carbons (Fsp3) is 0.350. The molecule has 142 valence electrons. The largest absolute Gasteiger partial charge is 0.357 e. The Hall–Kier alpha value is -2.25. The van der Waals surface area contributed by atoms with Gasteiger partial charge in [0.2, 0.25) is 0 Å². The van der Waals surface area contributed by atoms with Crippen molar-refractivity contribution in [1.82, 2.24) is 20.6 Å². The van der Waals surface area contributed by atoms with E-state index < -0.39 is 0 Å². The number of aliphatic imine (C=N–C) groups is 1. The molecule has 0 fully saturated rings. The van der Waals surface area contributed by atoms with Crippen molar-refractivity contribution in [2.75, 3.05) is 19.6 Å². The first kappa shape index (κ1) is 19.5. The molecule has 27 heavy (non-hydrogen) atoms. The van der Waals surface area contributed by atoms with Gasteiger partial charge in [-0.05, 0) is 13.8 Å². The molecule has 2 aromatic heterocycles. The van der Waals surface area contributed by atoms with E-state index >= 15 is 0 Å². The zero-order valence-corrected chi connectivity index (χ0v) is 17.4. The third-order valence-corrected chi connectivity index (χ3v) is 5.77. The molecule has 1 aromatic carbocycles. The Balaban J connectivity index is 1.48. The monoisotopic (exact) mass is 399 g/mol. The Morgan fingerprint density at radius 2 is 2.00 bits per heavy atom. The smallest absolute Gasteiger partial charge is 0.191 e. The van der Waals surface area contributed by atoms with E-state index in [1.807, 2.05) is 24.4 Å². The number of nitrogens with one attached hydrogen (secondary N) is 2. The lowest BCUT2D eigenvalue weighted by molar-refractivity contribution is 0.788. The van der Waals surface area contributed by atoms with Crippen LogP contribution in [0.15, 0.2) is 46.9 Å². The number of guanidine groups is 1. The highest BCUT2D eigenvalue weighted by molar-refractivity contribution is 7.13. The number of aryl methyl sites for hydroxylation is 1. The van der Waals surface area contributed by atoms with Crippen molar-refractivity contribution in [1.29, 1.82) is 0 Å². The molecule has 3 rings (SSSR count). The maximum absolute atomic E-state index is 4.74. The molecule has 0 amide bonds. The highest BCUT2D eigenvalue weighted by Crippen LogP contribution is 2.23. The molecule has 0 aliphatic heterocycles. The van der Waals surface area contributed by atoms with Crippen molar-refractivity contribution < 1.29 is 0 Å². The van der Waals surface area contributed by atoms with Gasteiger partial charge in [0.25, 0.3) is 0 Å². The molecular weight excluding hydrogens is 374 g/mol. The fourth-order valence-electron chi connectivity index (χ4n) is 2.57. The SMILES string of the molecule is CCNC(=NCCc1ncc(C)s1)NCCc1csc(-c2ccccc2)n1. The summed E-state index contributed by atoms with van der Waals surface area (Å²) < 4.78 is 0. The predicted molar refractivity (Wildman–Crippen MR) is 116 cm³/mol. The Labute approximate surface area is 168 Å². The molecular formula is C20H25N5S2. The van der Waals surface area contributed by atoms with Crippen LogP contribution in [-0.4, -0.2) is 35.6 Å². The third-order valence-electron chi connectivity index (χ3n) is 3.86. The van der Waals surface area contributed by atoms with Crippen LogP contribution in [0.1, 0.15) is 22.5 Å². The molecule has 0 aliphatic carbocycles. The number of hydrogen-bond donors (Lipinski definition) is 2. The van der Waals surface area contributed by atoms with Gasteiger partial charge in [0.15, 0.2) is 5.96 Å². The van der Waals surface area contributed by atoms with E-state index in [1.54, 1.807) is 22.7 Å². The second-order valence-electron chi connectivity index (χ2n) is 6.06. The molecule has 2 heterocycles. The van der Waals surface area contributed by atoms with E-state index in [-0.39, 0.29) is 0 Å². The second-order valence-corrected chi connectivity index (χ2v) is 8.24. The van der Waals surface area contributed by atoms with Crippen LogP contribution in [0.25, 0.3) is 10.6 Å². The summed E-state index contributed by atoms with van der Waals surface area (Å²) in [7, 11) is 0. The Kier molecular flexibility index (Phi) is 7.36. The first-order valence-electron chi connectivity index (χ1n) is 9.18. The zero-order valence-electron chi connectivity index (χ0n) is 15.7. The van der Waals surface area contributed by atoms with Gasteiger partial charge in [-0.2, -0.15) is 0 Å². The van der Waals surface area contributed by atoms with Gasteiger partial charge in [-0.15, -0.1) is 22.7 Å². The van der Waals surface area contributed by atoms with Crippen molar-refractivity contribution >= 4 is 28.6 Å². The van der Waals surface area contributed by atoms with Gasteiger partial charge < -0.3 is 10.6 Å². The quantitative estimate of drug-likeness (QED) is 0.445. The highest BCUT2D eigenvalue weighted by Gasteiger charge is 2.05. The average Bonchev–Trinajstić information content (AvgIpc) is 3.32. The van der Waals surface area contributed by atoms with Gasteiger partial charge >= 0.3 is 0 Å². The lowest BCUT2D eigenvalue weighted by Crippen LogP contribution is -2.38. The number of benzene rings is 1. The van der Waals surface area contributed by atoms with Crippen LogP contribution < -0.4 is 10.6 Å². The summed E-state index contributed by atoms with van der Waals surface area (Å²) in [4.78, 5) is 15.0. The number of hydrogen-bond acceptors (Lipinski definition) is 5. The Morgan fingerprint density at radius 3 is 2.74 bits per heavy atom. The van der Waals surface area contributed by atoms with Gasteiger partial charge in [0.1, 0.15) is 5.01 Å². The molecule has 0 atom stereocenters. The van der Waals surface area contributed by atoms with Crippen molar-refractivity contribution in [2.45, 2.75) is 26.7 Å². The molecule has 0 saturated heterocycles. The number of rotatable bonds is 8. The molecule has 0 radical (unpaired) electrons. The van der Waals surface area contributed by atoms with Crippen LogP contribution in [-0.2, 0) is 12.8 Å². The summed E-state index contributed by atoms with van der Waals surface area (Å²) in [5.41, 5.74) is 2.29. The lowest BCUT2D eigenvalue weighted by Gasteiger charge is -2.10. The summed E-state index contributed by atoms with van der Waals surface area (Å²) in [6.07, 6.45) is 3.67. The summed E-state index contributed by atoms with van der Waals surface area (Å²) in [5.74, 6) is 0.851. The molecule has 0 bridgehead atoms. The predicted octanol–water partition coefficient (Wildman–Crippen LogP) is 3.92. The van der Waals surface area contributed by atoms with Crippen molar-refractivity contribution in [3.8, 4) is 10.6 Å². The van der Waals surface area contributed by atoms with E-state index in [0.29, 0.717) is 0 Å². The van der Waals surface area contributed by atoms with Crippen molar-refractivity contribution in [3.63, 3.8) is 0 Å². The minimum Gasteiger partial charge on any atom is -0.357 e. The van der Waals surface area contributed by atoms with E-state index in [1.165, 1.54) is 10.4 Å². The fourth-order valence-corrected chi connectivity index (χ4v) is 4.20. The summed E-state index contributed by atoms with van der Waals surface area (Å²) in [5, 5.41) is 11.0. The minimum atomic E-state index is 0.733. The topological polar surface area (TPSA) is 62.2 Å². The first-order valence-corrected chi connectivity index (χ1v) is 10.9. The highest BCUT2D eigenvalue weighted by atomic mass is 32.1. The molecule has 5 nitrogen and oxygen atoms in total. The van der Waals surface area contributed by atoms with Gasteiger partial charge in [0, 0.05) is 54.5 Å². The standard InChI is InChI=1S/C20H25N5S2/c1-3-21-20(23-12-10-18-24-13-15(2)27-18)22-11-9-17-14-26-19(25-17)16-7-5-4-6-8-16/h4-8,13-14H,3,9-12H2,1-2H3,(H2,21,22,23). The Morgan fingerprint density at radius 1 is 1.15 bits per heavy atom. The number of nitrogens with zero attached hydrogens (tertiary/aromatic N) is 3. The van der Waals surface area contributed by atoms with Crippen LogP contribution in [0.5, 0.6) is 0 Å². The number of thiazole rings is 2. The van der Waals surface area contributed by atoms with E-state index in [0.717, 1.165) is 54.1 Å². The van der Waals surface area contributed by atoms with E-state index in [2.05, 4.69) is 52.0 Å². The van der Waals surface area contributed by atoms with Gasteiger partial charge in [-0.25, -0.2) is 9.97 Å². The van der Waals surface area contributed by atoms with E-state index in [4.69, 9.17) is 4.98 Å². The van der Waals surface area contributed by atoms with Gasteiger partial charge in [-0.1, -0.05) is 30.3 Å².